The van der Waals surface area contributed by atoms with Crippen LogP contribution >= 0.6 is 0 Å². The molecule has 1 aromatic carbocycles. The predicted octanol–water partition coefficient (Wildman–Crippen LogP) is 3.76. The van der Waals surface area contributed by atoms with E-state index >= 15 is 0 Å². The zero-order valence-corrected chi connectivity index (χ0v) is 8.64. The maximum Gasteiger partial charge on any atom is -0.0239 e. The van der Waals surface area contributed by atoms with E-state index in [0.717, 1.165) is 19.3 Å². The van der Waals surface area contributed by atoms with Crippen molar-refractivity contribution in [2.45, 2.75) is 33.1 Å². The Bertz CT molecular complexity index is 284. The molecule has 13 heavy (non-hydrogen) atoms. The van der Waals surface area contributed by atoms with Crippen molar-refractivity contribution in [2.24, 2.45) is 0 Å². The summed E-state index contributed by atoms with van der Waals surface area (Å²) >= 11 is 0. The Hall–Kier alpha value is -1.04. The van der Waals surface area contributed by atoms with Gasteiger partial charge in [-0.2, -0.15) is 0 Å². The molecule has 0 saturated heterocycles. The van der Waals surface area contributed by atoms with Crippen LogP contribution in [0, 0.1) is 0 Å². The number of allylic oxidation sites excluding steroid dienone is 1. The van der Waals surface area contributed by atoms with Gasteiger partial charge in [0.1, 0.15) is 0 Å². The van der Waals surface area contributed by atoms with Gasteiger partial charge < -0.3 is 0 Å². The second-order valence-electron chi connectivity index (χ2n) is 3.58. The molecule has 0 aromatic heterocycles. The Labute approximate surface area is 81.3 Å². The van der Waals surface area contributed by atoms with Crippen LogP contribution < -0.4 is 0 Å². The molecule has 0 radical (unpaired) electrons. The van der Waals surface area contributed by atoms with Crippen LogP contribution in [0.15, 0.2) is 36.4 Å². The summed E-state index contributed by atoms with van der Waals surface area (Å²) < 4.78 is 0. The maximum atomic E-state index is 3.93. The number of hydrogen-bond acceptors (Lipinski definition) is 0. The van der Waals surface area contributed by atoms with E-state index in [2.05, 4.69) is 44.7 Å². The van der Waals surface area contributed by atoms with Crippen LogP contribution in [0.25, 0.3) is 0 Å². The van der Waals surface area contributed by atoms with Crippen LogP contribution in [-0.4, -0.2) is 0 Å². The molecule has 0 nitrogen and oxygen atoms in total. The van der Waals surface area contributed by atoms with E-state index in [1.165, 1.54) is 16.7 Å². The molecule has 0 heterocycles. The highest BCUT2D eigenvalue weighted by atomic mass is 14.0. The smallest absolute Gasteiger partial charge is 0.0239 e. The molecule has 0 unspecified atom stereocenters. The third-order valence-electron chi connectivity index (χ3n) is 2.32. The van der Waals surface area contributed by atoms with E-state index in [0.29, 0.717) is 0 Å². The van der Waals surface area contributed by atoms with Crippen LogP contribution in [0.3, 0.4) is 0 Å². The molecule has 0 spiro atoms. The highest BCUT2D eigenvalue weighted by Gasteiger charge is 1.98. The fraction of sp³-hybridized carbons (Fsp3) is 0.385. The van der Waals surface area contributed by atoms with Crippen molar-refractivity contribution in [1.82, 2.24) is 0 Å². The van der Waals surface area contributed by atoms with E-state index in [9.17, 15) is 0 Å². The number of benzene rings is 1. The second kappa shape index (κ2) is 4.86. The minimum absolute atomic E-state index is 1.11. The van der Waals surface area contributed by atoms with Crippen LogP contribution in [-0.2, 0) is 12.8 Å². The van der Waals surface area contributed by atoms with Gasteiger partial charge >= 0.3 is 0 Å². The lowest BCUT2D eigenvalue weighted by molar-refractivity contribution is 0.920. The first-order chi connectivity index (χ1) is 6.24. The van der Waals surface area contributed by atoms with Gasteiger partial charge in [-0.05, 0) is 37.3 Å². The monoisotopic (exact) mass is 174 g/mol. The molecule has 0 N–H and O–H groups in total. The molecule has 0 aliphatic rings. The van der Waals surface area contributed by atoms with E-state index < -0.39 is 0 Å². The Balaban J connectivity index is 2.69. The fourth-order valence-corrected chi connectivity index (χ4v) is 1.49. The van der Waals surface area contributed by atoms with Crippen molar-refractivity contribution in [1.29, 1.82) is 0 Å². The quantitative estimate of drug-likeness (QED) is 0.610. The van der Waals surface area contributed by atoms with Gasteiger partial charge in [0, 0.05) is 0 Å². The van der Waals surface area contributed by atoms with Gasteiger partial charge in [0.05, 0.1) is 0 Å². The third-order valence-corrected chi connectivity index (χ3v) is 2.32. The minimum atomic E-state index is 1.11. The summed E-state index contributed by atoms with van der Waals surface area (Å²) in [5.74, 6) is 0. The van der Waals surface area contributed by atoms with Gasteiger partial charge in [0.2, 0.25) is 0 Å². The third kappa shape index (κ3) is 3.06. The van der Waals surface area contributed by atoms with Gasteiger partial charge in [-0.15, -0.1) is 6.58 Å². The molecule has 70 valence electrons. The standard InChI is InChI=1S/C13H18/c1-4-12-7-5-6-8-13(12)10-9-11(2)3/h5-8H,2,4,9-10H2,1,3H3. The highest BCUT2D eigenvalue weighted by Crippen LogP contribution is 2.13. The zero-order valence-electron chi connectivity index (χ0n) is 8.64. The van der Waals surface area contributed by atoms with Crippen LogP contribution in [0.1, 0.15) is 31.4 Å². The average molecular weight is 174 g/mol. The van der Waals surface area contributed by atoms with Crippen LogP contribution in [0.5, 0.6) is 0 Å². The van der Waals surface area contributed by atoms with E-state index in [1.807, 2.05) is 0 Å². The van der Waals surface area contributed by atoms with Gasteiger partial charge in [-0.1, -0.05) is 36.8 Å². The van der Waals surface area contributed by atoms with E-state index in [1.54, 1.807) is 0 Å². The summed E-state index contributed by atoms with van der Waals surface area (Å²) in [6.07, 6.45) is 3.38. The number of rotatable bonds is 4. The summed E-state index contributed by atoms with van der Waals surface area (Å²) in [7, 11) is 0. The number of aryl methyl sites for hydroxylation is 2. The lowest BCUT2D eigenvalue weighted by Crippen LogP contribution is -1.92. The zero-order chi connectivity index (χ0) is 9.68. The van der Waals surface area contributed by atoms with E-state index in [4.69, 9.17) is 0 Å². The fourth-order valence-electron chi connectivity index (χ4n) is 1.49. The first-order valence-corrected chi connectivity index (χ1v) is 4.95. The molecule has 0 heteroatoms. The van der Waals surface area contributed by atoms with Crippen LogP contribution in [0.2, 0.25) is 0 Å². The summed E-state index contributed by atoms with van der Waals surface area (Å²) in [5, 5.41) is 0. The average Bonchev–Trinajstić information content (AvgIpc) is 2.15. The van der Waals surface area contributed by atoms with Crippen molar-refractivity contribution < 1.29 is 0 Å². The van der Waals surface area contributed by atoms with Crippen molar-refractivity contribution in [3.8, 4) is 0 Å². The molecule has 0 amide bonds. The van der Waals surface area contributed by atoms with Gasteiger partial charge in [0.15, 0.2) is 0 Å². The molecule has 0 saturated carbocycles. The summed E-state index contributed by atoms with van der Waals surface area (Å²) in [6.45, 7) is 8.23. The molecule has 0 aliphatic carbocycles. The van der Waals surface area contributed by atoms with E-state index in [-0.39, 0.29) is 0 Å². The molecule has 0 atom stereocenters. The topological polar surface area (TPSA) is 0 Å². The van der Waals surface area contributed by atoms with Crippen molar-refractivity contribution in [2.75, 3.05) is 0 Å². The first-order valence-electron chi connectivity index (χ1n) is 4.95. The van der Waals surface area contributed by atoms with Crippen molar-refractivity contribution in [3.63, 3.8) is 0 Å². The van der Waals surface area contributed by atoms with Crippen molar-refractivity contribution >= 4 is 0 Å². The normalized spacial score (nSPS) is 10.0. The Kier molecular flexibility index (Phi) is 3.75. The molecule has 0 aliphatic heterocycles. The number of hydrogen-bond donors (Lipinski definition) is 0. The Morgan fingerprint density at radius 3 is 2.38 bits per heavy atom. The highest BCUT2D eigenvalue weighted by molar-refractivity contribution is 5.27. The Morgan fingerprint density at radius 1 is 1.23 bits per heavy atom. The van der Waals surface area contributed by atoms with Gasteiger partial charge in [-0.3, -0.25) is 0 Å². The molecular weight excluding hydrogens is 156 g/mol. The van der Waals surface area contributed by atoms with Crippen LogP contribution in [0.4, 0.5) is 0 Å². The lowest BCUT2D eigenvalue weighted by Gasteiger charge is -2.06. The molecule has 1 aromatic rings. The molecule has 0 fully saturated rings. The SMILES string of the molecule is C=C(C)CCc1ccccc1CC. The van der Waals surface area contributed by atoms with Gasteiger partial charge in [0.25, 0.3) is 0 Å². The lowest BCUT2D eigenvalue weighted by atomic mass is 9.99. The maximum absolute atomic E-state index is 3.93. The second-order valence-corrected chi connectivity index (χ2v) is 3.58. The first kappa shape index (κ1) is 10.0. The van der Waals surface area contributed by atoms with Crippen molar-refractivity contribution in [3.05, 3.63) is 47.5 Å². The summed E-state index contributed by atoms with van der Waals surface area (Å²) in [5.41, 5.74) is 4.22. The molecule has 1 rings (SSSR count). The summed E-state index contributed by atoms with van der Waals surface area (Å²) in [6, 6.07) is 8.67. The summed E-state index contributed by atoms with van der Waals surface area (Å²) in [4.78, 5) is 0. The predicted molar refractivity (Wildman–Crippen MR) is 59.0 cm³/mol. The molecule has 0 bridgehead atoms. The van der Waals surface area contributed by atoms with Gasteiger partial charge in [-0.25, -0.2) is 0 Å². The Morgan fingerprint density at radius 2 is 1.85 bits per heavy atom. The molecular formula is C13H18. The largest absolute Gasteiger partial charge is 0.100 e. The minimum Gasteiger partial charge on any atom is -0.100 e.